The first kappa shape index (κ1) is 62.4. The van der Waals surface area contributed by atoms with Gasteiger partial charge in [-0.2, -0.15) is 0 Å². The van der Waals surface area contributed by atoms with E-state index in [0.717, 1.165) is 27.7 Å². The monoisotopic (exact) mass is 1220 g/mol. The zero-order valence-electron chi connectivity index (χ0n) is 60.3. The number of benzene rings is 9. The Kier molecular flexibility index (Phi) is 13.6. The Hall–Kier alpha value is -8.02. The Morgan fingerprint density at radius 1 is 0.301 bits per heavy atom. The van der Waals surface area contributed by atoms with Gasteiger partial charge in [-0.1, -0.05) is 263 Å². The van der Waals surface area contributed by atoms with E-state index >= 15 is 0 Å². The lowest BCUT2D eigenvalue weighted by molar-refractivity contribution is 0.568. The molecule has 93 heavy (non-hydrogen) atoms. The normalized spacial score (nSPS) is 14.0. The molecule has 0 aliphatic carbocycles. The Balaban J connectivity index is 1.18. The van der Waals surface area contributed by atoms with Crippen molar-refractivity contribution in [2.24, 2.45) is 0 Å². The van der Waals surface area contributed by atoms with Gasteiger partial charge in [-0.05, 0) is 181 Å². The molecule has 2 aliphatic rings. The van der Waals surface area contributed by atoms with Gasteiger partial charge in [0, 0.05) is 60.5 Å². The maximum Gasteiger partial charge on any atom is 0.252 e. The van der Waals surface area contributed by atoms with Gasteiger partial charge in [0.1, 0.15) is 0 Å². The summed E-state index contributed by atoms with van der Waals surface area (Å²) in [5, 5.41) is 6.20. The molecule has 4 nitrogen and oxygen atoms in total. The Bertz CT molecular complexity index is 4810. The van der Waals surface area contributed by atoms with E-state index in [1.807, 2.05) is 0 Å². The summed E-state index contributed by atoms with van der Waals surface area (Å²) in [6.45, 7) is 56.3. The molecule has 14 rings (SSSR count). The zero-order chi connectivity index (χ0) is 66.7. The molecule has 0 saturated heterocycles. The van der Waals surface area contributed by atoms with E-state index in [9.17, 15) is 0 Å². The third-order valence-corrected chi connectivity index (χ3v) is 20.9. The van der Waals surface area contributed by atoms with Crippen molar-refractivity contribution in [2.75, 3.05) is 0 Å². The number of hydrogen-bond donors (Lipinski definition) is 0. The van der Waals surface area contributed by atoms with Crippen molar-refractivity contribution in [1.29, 1.82) is 0 Å². The molecule has 0 unspecified atom stereocenters. The van der Waals surface area contributed by atoms with Crippen LogP contribution in [0.15, 0.2) is 152 Å². The van der Waals surface area contributed by atoms with Gasteiger partial charge >= 0.3 is 0 Å². The molecule has 3 aromatic heterocycles. The summed E-state index contributed by atoms with van der Waals surface area (Å²) >= 11 is 0. The van der Waals surface area contributed by atoms with Gasteiger partial charge in [0.05, 0.1) is 22.2 Å². The number of fused-ring (bicyclic) bond motifs is 11. The SMILES string of the molecule is CC(C)(C)c1cc(-c2nc(-c3cc4c5c(c3)-n3c6ccc(C(C)(C)C)cc6c6c(-c7cc(C(C)(C)C)cc(C(C)(C)C)c7)ccc(c63)B5c3ccc(-c5cc(C(C)(C)C)cc(C(C)(C)C)c5)c5c6cc(C(C)(C)C)ccc6n-4c35)nc3ccccc23)cc(C(C)(C)C)c1. The van der Waals surface area contributed by atoms with E-state index in [2.05, 4.69) is 327 Å². The second kappa shape index (κ2) is 20.3. The molecular formula is C88H97BN4. The molecule has 0 fully saturated rings. The van der Waals surface area contributed by atoms with Crippen molar-refractivity contribution in [3.05, 3.63) is 196 Å². The molecule has 0 spiro atoms. The summed E-state index contributed by atoms with van der Waals surface area (Å²) in [6.07, 6.45) is 0. The highest BCUT2D eigenvalue weighted by atomic mass is 15.0. The van der Waals surface area contributed by atoms with Gasteiger partial charge < -0.3 is 9.13 Å². The van der Waals surface area contributed by atoms with Crippen LogP contribution in [-0.4, -0.2) is 25.8 Å². The first-order valence-corrected chi connectivity index (χ1v) is 34.3. The topological polar surface area (TPSA) is 35.6 Å². The molecule has 0 saturated carbocycles. The third-order valence-electron chi connectivity index (χ3n) is 20.9. The van der Waals surface area contributed by atoms with Crippen LogP contribution in [0.1, 0.15) is 211 Å². The minimum Gasteiger partial charge on any atom is -0.310 e. The molecule has 0 radical (unpaired) electrons. The largest absolute Gasteiger partial charge is 0.310 e. The van der Waals surface area contributed by atoms with E-state index in [1.54, 1.807) is 0 Å². The average Bonchev–Trinajstić information content (AvgIpc) is 1.56. The minimum atomic E-state index is -0.115. The fourth-order valence-corrected chi connectivity index (χ4v) is 15.0. The molecule has 5 heterocycles. The molecule has 12 aromatic rings. The van der Waals surface area contributed by atoms with Crippen LogP contribution in [0.25, 0.3) is 111 Å². The van der Waals surface area contributed by atoms with Gasteiger partial charge in [0.15, 0.2) is 5.82 Å². The first-order valence-electron chi connectivity index (χ1n) is 34.3. The van der Waals surface area contributed by atoms with Crippen LogP contribution in [0.5, 0.6) is 0 Å². The number of aromatic nitrogens is 4. The van der Waals surface area contributed by atoms with E-state index in [4.69, 9.17) is 9.97 Å². The summed E-state index contributed by atoms with van der Waals surface area (Å²) in [5.41, 5.74) is 30.3. The lowest BCUT2D eigenvalue weighted by Gasteiger charge is -2.34. The Morgan fingerprint density at radius 2 is 0.656 bits per heavy atom. The predicted octanol–water partition coefficient (Wildman–Crippen LogP) is 22.0. The molecular weight excluding hydrogens is 1120 g/mol. The number of hydrogen-bond acceptors (Lipinski definition) is 2. The summed E-state index contributed by atoms with van der Waals surface area (Å²) < 4.78 is 5.34. The van der Waals surface area contributed by atoms with Crippen LogP contribution in [0.3, 0.4) is 0 Å². The smallest absolute Gasteiger partial charge is 0.252 e. The fourth-order valence-electron chi connectivity index (χ4n) is 15.0. The van der Waals surface area contributed by atoms with Crippen LogP contribution in [0, 0.1) is 0 Å². The van der Waals surface area contributed by atoms with Gasteiger partial charge in [-0.15, -0.1) is 0 Å². The minimum absolute atomic E-state index is 0.0667. The highest BCUT2D eigenvalue weighted by molar-refractivity contribution is 7.00. The van der Waals surface area contributed by atoms with E-state index in [0.29, 0.717) is 5.82 Å². The van der Waals surface area contributed by atoms with Crippen molar-refractivity contribution in [3.63, 3.8) is 0 Å². The second-order valence-electron chi connectivity index (χ2n) is 36.2. The molecule has 5 heteroatoms. The third kappa shape index (κ3) is 10.2. The molecule has 9 aromatic carbocycles. The average molecular weight is 1220 g/mol. The van der Waals surface area contributed by atoms with Crippen LogP contribution < -0.4 is 16.4 Å². The molecule has 2 aliphatic heterocycles. The summed E-state index contributed by atoms with van der Waals surface area (Å²) in [4.78, 5) is 11.6. The fraction of sp³-hybridized carbons (Fsp3) is 0.364. The van der Waals surface area contributed by atoms with Crippen molar-refractivity contribution in [1.82, 2.24) is 19.1 Å². The van der Waals surface area contributed by atoms with Crippen LogP contribution >= 0.6 is 0 Å². The van der Waals surface area contributed by atoms with Crippen molar-refractivity contribution in [2.45, 2.75) is 209 Å². The molecule has 0 atom stereocenters. The lowest BCUT2D eigenvalue weighted by Crippen LogP contribution is -2.59. The van der Waals surface area contributed by atoms with Crippen LogP contribution in [-0.2, 0) is 43.3 Å². The maximum atomic E-state index is 5.90. The molecule has 0 bridgehead atoms. The van der Waals surface area contributed by atoms with E-state index < -0.39 is 0 Å². The molecule has 472 valence electrons. The first-order chi connectivity index (χ1) is 43.1. The molecule has 0 amide bonds. The highest BCUT2D eigenvalue weighted by Gasteiger charge is 2.43. The summed E-state index contributed by atoms with van der Waals surface area (Å²) in [6, 6.07) is 60.5. The highest BCUT2D eigenvalue weighted by Crippen LogP contribution is 2.49. The van der Waals surface area contributed by atoms with Gasteiger partial charge in [-0.25, -0.2) is 9.97 Å². The van der Waals surface area contributed by atoms with Gasteiger partial charge in [0.25, 0.3) is 6.71 Å². The summed E-state index contributed by atoms with van der Waals surface area (Å²) in [7, 11) is 0. The van der Waals surface area contributed by atoms with Gasteiger partial charge in [0.2, 0.25) is 0 Å². The van der Waals surface area contributed by atoms with Crippen LogP contribution in [0.2, 0.25) is 0 Å². The lowest BCUT2D eigenvalue weighted by atomic mass is 9.34. The molecule has 0 N–H and O–H groups in total. The van der Waals surface area contributed by atoms with Crippen molar-refractivity contribution in [3.8, 4) is 56.3 Å². The second-order valence-corrected chi connectivity index (χ2v) is 36.2. The van der Waals surface area contributed by atoms with Crippen molar-refractivity contribution >= 4 is 77.6 Å². The Morgan fingerprint density at radius 3 is 1.02 bits per heavy atom. The van der Waals surface area contributed by atoms with Gasteiger partial charge in [-0.3, -0.25) is 0 Å². The van der Waals surface area contributed by atoms with Crippen molar-refractivity contribution < 1.29 is 0 Å². The quantitative estimate of drug-likeness (QED) is 0.165. The number of para-hydroxylation sites is 1. The summed E-state index contributed by atoms with van der Waals surface area (Å²) in [5.74, 6) is 0.713. The van der Waals surface area contributed by atoms with Crippen LogP contribution in [0.4, 0.5) is 0 Å². The van der Waals surface area contributed by atoms with E-state index in [1.165, 1.54) is 138 Å². The standard InChI is InChI=1S/C88H97BN4/c1-81(2,3)54-29-35-70-65(48-54)74-62(50-37-56(83(7,8)9)45-57(38-50)84(10,11)12)31-33-67-78(74)92(70)72-43-53(80-90-69-28-26-25-27-64(69)77(91-80)52-41-60(87(19,20)21)47-61(42-52)88(22,23)24)44-73-76(72)89(67)68-34-32-63(51-39-58(85(13,14)15)46-59(40-51)86(16,17)18)75-66-49-55(82(4,5)6)30-36-71(66)93(73)79(68)75/h25-49H,1-24H3. The predicted molar refractivity (Wildman–Crippen MR) is 404 cm³/mol. The maximum absolute atomic E-state index is 5.90. The number of nitrogens with zero attached hydrogens (tertiary/aromatic N) is 4. The Labute approximate surface area is 555 Å². The zero-order valence-corrected chi connectivity index (χ0v) is 60.3. The number of rotatable bonds is 4. The van der Waals surface area contributed by atoms with E-state index in [-0.39, 0.29) is 50.0 Å².